The minimum Gasteiger partial charge on any atom is -0.238 e. The fourth-order valence-electron chi connectivity index (χ4n) is 0.915. The van der Waals surface area contributed by atoms with E-state index in [0.717, 1.165) is 5.70 Å². The zero-order valence-corrected chi connectivity index (χ0v) is 5.63. The summed E-state index contributed by atoms with van der Waals surface area (Å²) in [6.07, 6.45) is 5.96. The molecule has 0 unspecified atom stereocenters. The molecule has 0 aromatic carbocycles. The highest BCUT2D eigenvalue weighted by molar-refractivity contribution is 5.64. The van der Waals surface area contributed by atoms with Gasteiger partial charge in [0.1, 0.15) is 5.70 Å². The summed E-state index contributed by atoms with van der Waals surface area (Å²) in [5.74, 6) is 2.82. The largest absolute Gasteiger partial charge is 0.238 e. The molecule has 50 valence electrons. The van der Waals surface area contributed by atoms with Gasteiger partial charge in [0, 0.05) is 12.1 Å². The van der Waals surface area contributed by atoms with E-state index in [4.69, 9.17) is 0 Å². The Morgan fingerprint density at radius 1 is 1.70 bits per heavy atom. The van der Waals surface area contributed by atoms with Crippen molar-refractivity contribution < 1.29 is 0 Å². The molecule has 2 aliphatic heterocycles. The molecule has 0 amide bonds. The van der Waals surface area contributed by atoms with E-state index < -0.39 is 0 Å². The number of rotatable bonds is 0. The summed E-state index contributed by atoms with van der Waals surface area (Å²) in [6.45, 7) is 2.04. The highest BCUT2D eigenvalue weighted by atomic mass is 15.7. The van der Waals surface area contributed by atoms with E-state index in [-0.39, 0.29) is 0 Å². The van der Waals surface area contributed by atoms with Crippen LogP contribution in [-0.4, -0.2) is 10.9 Å². The van der Waals surface area contributed by atoms with Crippen molar-refractivity contribution >= 4 is 5.87 Å². The van der Waals surface area contributed by atoms with Crippen molar-refractivity contribution in [3.63, 3.8) is 0 Å². The van der Waals surface area contributed by atoms with Crippen LogP contribution in [0.5, 0.6) is 0 Å². The van der Waals surface area contributed by atoms with Gasteiger partial charge in [-0.05, 0) is 24.6 Å². The van der Waals surface area contributed by atoms with Crippen LogP contribution in [0, 0.1) is 0 Å². The van der Waals surface area contributed by atoms with Gasteiger partial charge in [-0.3, -0.25) is 0 Å². The molecular formula is C7H7N3. The van der Waals surface area contributed by atoms with Crippen molar-refractivity contribution in [2.45, 2.75) is 6.92 Å². The number of nitrogens with zero attached hydrogens (tertiary/aromatic N) is 2. The quantitative estimate of drug-likeness (QED) is 0.528. The van der Waals surface area contributed by atoms with Crippen LogP contribution in [0.25, 0.3) is 0 Å². The third-order valence-corrected chi connectivity index (χ3v) is 1.44. The number of fused-ring (bicyclic) bond motifs is 1. The van der Waals surface area contributed by atoms with Crippen molar-refractivity contribution in [2.75, 3.05) is 0 Å². The van der Waals surface area contributed by atoms with E-state index in [1.165, 1.54) is 5.57 Å². The van der Waals surface area contributed by atoms with Crippen molar-refractivity contribution in [1.29, 1.82) is 0 Å². The molecule has 0 spiro atoms. The van der Waals surface area contributed by atoms with Crippen molar-refractivity contribution in [3.8, 4) is 0 Å². The fourth-order valence-corrected chi connectivity index (χ4v) is 0.915. The monoisotopic (exact) mass is 133 g/mol. The van der Waals surface area contributed by atoms with Crippen LogP contribution in [0.3, 0.4) is 0 Å². The third-order valence-electron chi connectivity index (χ3n) is 1.44. The molecule has 0 saturated carbocycles. The zero-order valence-electron chi connectivity index (χ0n) is 5.63. The Hall–Kier alpha value is -1.47. The zero-order chi connectivity index (χ0) is 6.97. The molecule has 0 aromatic heterocycles. The van der Waals surface area contributed by atoms with Gasteiger partial charge < -0.3 is 0 Å². The molecule has 2 aliphatic rings. The topological polar surface area (TPSA) is 27.6 Å². The maximum atomic E-state index is 3.76. The first-order valence-corrected chi connectivity index (χ1v) is 3.10. The van der Waals surface area contributed by atoms with Gasteiger partial charge in [0.25, 0.3) is 0 Å². The molecular weight excluding hydrogens is 126 g/mol. The molecule has 0 fully saturated rings. The fraction of sp³-hybridized carbons (Fsp3) is 0.143. The van der Waals surface area contributed by atoms with Crippen LogP contribution in [0.2, 0.25) is 0 Å². The van der Waals surface area contributed by atoms with Gasteiger partial charge in [-0.15, -0.1) is 5.10 Å². The van der Waals surface area contributed by atoms with Gasteiger partial charge in [0.15, 0.2) is 0 Å². The summed E-state index contributed by atoms with van der Waals surface area (Å²) in [6, 6.07) is 0. The summed E-state index contributed by atoms with van der Waals surface area (Å²) >= 11 is 0. The number of hydrazine groups is 1. The SMILES string of the molecule is CC1=CC2=C=NNN2C=C1. The summed E-state index contributed by atoms with van der Waals surface area (Å²) in [7, 11) is 0. The molecule has 0 aromatic rings. The average molecular weight is 133 g/mol. The second-order valence-corrected chi connectivity index (χ2v) is 2.28. The number of hydrogen-bond acceptors (Lipinski definition) is 3. The maximum absolute atomic E-state index is 3.76. The van der Waals surface area contributed by atoms with E-state index >= 15 is 0 Å². The Morgan fingerprint density at radius 2 is 2.60 bits per heavy atom. The predicted molar refractivity (Wildman–Crippen MR) is 38.8 cm³/mol. The van der Waals surface area contributed by atoms with E-state index in [1.54, 1.807) is 0 Å². The molecule has 1 N–H and O–H groups in total. The Bertz CT molecular complexity index is 279. The Morgan fingerprint density at radius 3 is 3.50 bits per heavy atom. The van der Waals surface area contributed by atoms with Crippen LogP contribution >= 0.6 is 0 Å². The third kappa shape index (κ3) is 0.650. The smallest absolute Gasteiger partial charge is 0.127 e. The summed E-state index contributed by atoms with van der Waals surface area (Å²) in [5.41, 5.74) is 4.95. The van der Waals surface area contributed by atoms with E-state index in [9.17, 15) is 0 Å². The lowest BCUT2D eigenvalue weighted by Gasteiger charge is -2.16. The number of hydrogen-bond donors (Lipinski definition) is 1. The van der Waals surface area contributed by atoms with E-state index in [0.29, 0.717) is 0 Å². The Balaban J connectivity index is 2.41. The van der Waals surface area contributed by atoms with Crippen molar-refractivity contribution in [1.82, 2.24) is 10.5 Å². The maximum Gasteiger partial charge on any atom is 0.127 e. The minimum absolute atomic E-state index is 0.972. The second kappa shape index (κ2) is 1.75. The van der Waals surface area contributed by atoms with Gasteiger partial charge in [-0.2, -0.15) is 0 Å². The molecule has 10 heavy (non-hydrogen) atoms. The lowest BCUT2D eigenvalue weighted by molar-refractivity contribution is 0.376. The van der Waals surface area contributed by atoms with Gasteiger partial charge in [0.05, 0.1) is 0 Å². The molecule has 3 nitrogen and oxygen atoms in total. The molecule has 2 heterocycles. The first-order chi connectivity index (χ1) is 4.86. The average Bonchev–Trinajstić information content (AvgIpc) is 2.33. The summed E-state index contributed by atoms with van der Waals surface area (Å²) < 4.78 is 0. The van der Waals surface area contributed by atoms with Crippen LogP contribution in [0.1, 0.15) is 6.92 Å². The first-order valence-electron chi connectivity index (χ1n) is 3.10. The van der Waals surface area contributed by atoms with E-state index in [1.807, 2.05) is 30.3 Å². The number of nitrogens with one attached hydrogen (secondary N) is 1. The van der Waals surface area contributed by atoms with Crippen LogP contribution in [0.4, 0.5) is 0 Å². The lowest BCUT2D eigenvalue weighted by atomic mass is 10.2. The molecule has 0 aliphatic carbocycles. The summed E-state index contributed by atoms with van der Waals surface area (Å²) in [4.78, 5) is 0. The van der Waals surface area contributed by atoms with Crippen LogP contribution in [-0.2, 0) is 0 Å². The minimum atomic E-state index is 0.972. The molecule has 2 rings (SSSR count). The molecule has 0 radical (unpaired) electrons. The second-order valence-electron chi connectivity index (χ2n) is 2.28. The molecule has 0 saturated heterocycles. The normalized spacial score (nSPS) is 19.9. The van der Waals surface area contributed by atoms with Gasteiger partial charge in [0.2, 0.25) is 0 Å². The number of allylic oxidation sites excluding steroid dienone is 3. The van der Waals surface area contributed by atoms with Crippen LogP contribution < -0.4 is 5.53 Å². The highest BCUT2D eigenvalue weighted by Gasteiger charge is 2.10. The molecule has 0 bridgehead atoms. The predicted octanol–water partition coefficient (Wildman–Crippen LogP) is 0.749. The lowest BCUT2D eigenvalue weighted by Crippen LogP contribution is -2.24. The summed E-state index contributed by atoms with van der Waals surface area (Å²) in [5, 5.41) is 5.57. The van der Waals surface area contributed by atoms with Gasteiger partial charge in [-0.25, -0.2) is 10.5 Å². The Kier molecular flexibility index (Phi) is 0.934. The standard InChI is InChI=1S/C7H7N3/c1-6-2-3-10-7(4-6)5-8-9-10/h2-4,9H,1H3. The van der Waals surface area contributed by atoms with Crippen molar-refractivity contribution in [2.24, 2.45) is 5.10 Å². The molecule has 0 atom stereocenters. The van der Waals surface area contributed by atoms with Crippen molar-refractivity contribution in [3.05, 3.63) is 29.6 Å². The van der Waals surface area contributed by atoms with Gasteiger partial charge in [-0.1, -0.05) is 0 Å². The Labute approximate surface area is 59.0 Å². The van der Waals surface area contributed by atoms with Gasteiger partial charge >= 0.3 is 0 Å². The number of hydrazone groups is 1. The first kappa shape index (κ1) is 5.33. The molecule has 3 heteroatoms. The van der Waals surface area contributed by atoms with E-state index in [2.05, 4.69) is 16.5 Å². The van der Waals surface area contributed by atoms with Crippen LogP contribution in [0.15, 0.2) is 34.7 Å². The highest BCUT2D eigenvalue weighted by Crippen LogP contribution is 2.13.